The molecule has 0 radical (unpaired) electrons. The average Bonchev–Trinajstić information content (AvgIpc) is 2.37. The Bertz CT molecular complexity index is 601. The van der Waals surface area contributed by atoms with E-state index < -0.39 is 0 Å². The minimum Gasteiger partial charge on any atom is -0.397 e. The van der Waals surface area contributed by atoms with Crippen LogP contribution in [0, 0.1) is 5.92 Å². The molecule has 2 N–H and O–H groups in total. The van der Waals surface area contributed by atoms with Gasteiger partial charge in [-0.25, -0.2) is 0 Å². The summed E-state index contributed by atoms with van der Waals surface area (Å²) in [6, 6.07) is 3.73. The molecule has 0 fully saturated rings. The van der Waals surface area contributed by atoms with Crippen molar-refractivity contribution in [1.29, 1.82) is 0 Å². The molecule has 0 unspecified atom stereocenters. The lowest BCUT2D eigenvalue weighted by Crippen LogP contribution is -2.06. The largest absolute Gasteiger partial charge is 0.397 e. The highest BCUT2D eigenvalue weighted by Crippen LogP contribution is 2.12. The van der Waals surface area contributed by atoms with Gasteiger partial charge in [-0.05, 0) is 55.5 Å². The Hall–Kier alpha value is -1.27. The Morgan fingerprint density at radius 3 is 2.00 bits per heavy atom. The second-order valence-electron chi connectivity index (χ2n) is 5.26. The number of hydrogen-bond donors (Lipinski definition) is 1. The summed E-state index contributed by atoms with van der Waals surface area (Å²) in [4.78, 5) is 19.3. The second-order valence-corrected chi connectivity index (χ2v) is 7.09. The van der Waals surface area contributed by atoms with Gasteiger partial charge in [0.25, 0.3) is 0 Å². The van der Waals surface area contributed by atoms with Crippen molar-refractivity contribution < 1.29 is 4.79 Å². The highest BCUT2D eigenvalue weighted by atomic mass is 79.9. The van der Waals surface area contributed by atoms with E-state index in [0.717, 1.165) is 14.5 Å². The van der Waals surface area contributed by atoms with Crippen LogP contribution in [0.15, 0.2) is 45.9 Å². The predicted octanol–water partition coefficient (Wildman–Crippen LogP) is 5.70. The normalized spacial score (nSPS) is 9.21. The molecule has 0 aliphatic rings. The first-order valence-electron chi connectivity index (χ1n) is 6.84. The van der Waals surface area contributed by atoms with Gasteiger partial charge in [0, 0.05) is 46.6 Å². The van der Waals surface area contributed by atoms with E-state index in [1.165, 1.54) is 0 Å². The molecular formula is C18H27Br2N3O. The maximum atomic E-state index is 11.5. The lowest BCUT2D eigenvalue weighted by atomic mass is 10.0. The first-order chi connectivity index (χ1) is 10.4. The summed E-state index contributed by atoms with van der Waals surface area (Å²) in [6.45, 7) is 4.11. The number of rotatable bonds is 4. The van der Waals surface area contributed by atoms with Crippen LogP contribution in [0.2, 0.25) is 0 Å². The zero-order valence-electron chi connectivity index (χ0n) is 12.6. The molecule has 0 aromatic carbocycles. The molecule has 24 heavy (non-hydrogen) atoms. The fourth-order valence-corrected chi connectivity index (χ4v) is 2.53. The van der Waals surface area contributed by atoms with Gasteiger partial charge in [0.15, 0.2) is 0 Å². The maximum absolute atomic E-state index is 11.5. The summed E-state index contributed by atoms with van der Waals surface area (Å²) < 4.78 is 1.84. The van der Waals surface area contributed by atoms with Crippen molar-refractivity contribution in [3.05, 3.63) is 51.4 Å². The smallest absolute Gasteiger partial charge is 0.137 e. The molecule has 2 heterocycles. The number of hydrogen-bond acceptors (Lipinski definition) is 4. The lowest BCUT2D eigenvalue weighted by Gasteiger charge is -2.03. The van der Waals surface area contributed by atoms with Gasteiger partial charge in [-0.15, -0.1) is 0 Å². The molecular weight excluding hydrogens is 434 g/mol. The molecule has 2 rings (SSSR count). The minimum atomic E-state index is 0. The molecule has 0 atom stereocenters. The van der Waals surface area contributed by atoms with Crippen LogP contribution in [0.3, 0.4) is 0 Å². The van der Waals surface area contributed by atoms with E-state index in [2.05, 4.69) is 55.7 Å². The van der Waals surface area contributed by atoms with Crippen LogP contribution >= 0.6 is 31.9 Å². The van der Waals surface area contributed by atoms with Crippen LogP contribution in [0.25, 0.3) is 0 Å². The van der Waals surface area contributed by atoms with Crippen LogP contribution in [0.5, 0.6) is 0 Å². The van der Waals surface area contributed by atoms with Gasteiger partial charge in [0.2, 0.25) is 0 Å². The third-order valence-electron chi connectivity index (χ3n) is 2.52. The van der Waals surface area contributed by atoms with Gasteiger partial charge < -0.3 is 5.73 Å². The number of anilines is 1. The monoisotopic (exact) mass is 459 g/mol. The van der Waals surface area contributed by atoms with Crippen molar-refractivity contribution in [2.75, 3.05) is 5.73 Å². The van der Waals surface area contributed by atoms with Crippen LogP contribution in [0.1, 0.15) is 40.7 Å². The Morgan fingerprint density at radius 1 is 1.04 bits per heavy atom. The Morgan fingerprint density at radius 2 is 1.58 bits per heavy atom. The van der Waals surface area contributed by atoms with E-state index in [4.69, 9.17) is 5.73 Å². The highest BCUT2D eigenvalue weighted by molar-refractivity contribution is 9.10. The fourth-order valence-electron chi connectivity index (χ4n) is 1.74. The van der Waals surface area contributed by atoms with Crippen molar-refractivity contribution in [1.82, 2.24) is 9.97 Å². The first-order valence-corrected chi connectivity index (χ1v) is 8.42. The number of nitrogens with zero attached hydrogens (tertiary/aromatic N) is 2. The zero-order chi connectivity index (χ0) is 16.5. The SMILES string of the molecule is C.C.CC(C)CC(=O)Cc1cncc(Br)c1.Nc1cncc(Br)c1. The number of carbonyl (C=O) groups excluding carboxylic acids is 1. The van der Waals surface area contributed by atoms with Crippen LogP contribution in [0.4, 0.5) is 5.69 Å². The molecule has 2 aromatic heterocycles. The summed E-state index contributed by atoms with van der Waals surface area (Å²) in [5.74, 6) is 0.711. The van der Waals surface area contributed by atoms with Crippen molar-refractivity contribution in [3.8, 4) is 0 Å². The van der Waals surface area contributed by atoms with Gasteiger partial charge in [-0.2, -0.15) is 0 Å². The predicted molar refractivity (Wildman–Crippen MR) is 110 cm³/mol. The van der Waals surface area contributed by atoms with Crippen LogP contribution < -0.4 is 5.73 Å². The molecule has 134 valence electrons. The third kappa shape index (κ3) is 11.3. The van der Waals surface area contributed by atoms with Gasteiger partial charge in [-0.1, -0.05) is 28.7 Å². The number of pyridine rings is 2. The van der Waals surface area contributed by atoms with Crippen molar-refractivity contribution in [2.45, 2.75) is 41.5 Å². The first kappa shape index (κ1) is 25.0. The molecule has 0 spiro atoms. The average molecular weight is 461 g/mol. The van der Waals surface area contributed by atoms with Crippen molar-refractivity contribution in [3.63, 3.8) is 0 Å². The topological polar surface area (TPSA) is 68.9 Å². The third-order valence-corrected chi connectivity index (χ3v) is 3.39. The second kappa shape index (κ2) is 13.1. The molecule has 0 bridgehead atoms. The maximum Gasteiger partial charge on any atom is 0.137 e. The Kier molecular flexibility index (Phi) is 13.6. The number of carbonyl (C=O) groups is 1. The Balaban J connectivity index is 0. The molecule has 0 aliphatic carbocycles. The van der Waals surface area contributed by atoms with E-state index in [-0.39, 0.29) is 20.6 Å². The van der Waals surface area contributed by atoms with Crippen molar-refractivity contribution >= 4 is 43.3 Å². The number of ketones is 1. The molecule has 0 saturated carbocycles. The molecule has 4 nitrogen and oxygen atoms in total. The summed E-state index contributed by atoms with van der Waals surface area (Å²) >= 11 is 6.55. The highest BCUT2D eigenvalue weighted by Gasteiger charge is 2.06. The summed E-state index contributed by atoms with van der Waals surface area (Å²) in [6.07, 6.45) is 7.89. The molecule has 2 aromatic rings. The minimum absolute atomic E-state index is 0. The number of halogens is 2. The van der Waals surface area contributed by atoms with Gasteiger partial charge in [0.1, 0.15) is 5.78 Å². The summed E-state index contributed by atoms with van der Waals surface area (Å²) in [5, 5.41) is 0. The lowest BCUT2D eigenvalue weighted by molar-refractivity contribution is -0.119. The van der Waals surface area contributed by atoms with E-state index in [0.29, 0.717) is 24.4 Å². The van der Waals surface area contributed by atoms with E-state index in [1.807, 2.05) is 6.07 Å². The number of aromatic nitrogens is 2. The molecule has 6 heteroatoms. The Labute approximate surface area is 162 Å². The van der Waals surface area contributed by atoms with Gasteiger partial charge in [0.05, 0.1) is 5.69 Å². The summed E-state index contributed by atoms with van der Waals surface area (Å²) in [7, 11) is 0. The van der Waals surface area contributed by atoms with Crippen LogP contribution in [-0.2, 0) is 11.2 Å². The van der Waals surface area contributed by atoms with E-state index in [9.17, 15) is 4.79 Å². The van der Waals surface area contributed by atoms with E-state index >= 15 is 0 Å². The van der Waals surface area contributed by atoms with E-state index in [1.54, 1.807) is 30.9 Å². The quantitative estimate of drug-likeness (QED) is 0.635. The summed E-state index contributed by atoms with van der Waals surface area (Å²) in [5.41, 5.74) is 7.02. The molecule has 0 amide bonds. The zero-order valence-corrected chi connectivity index (χ0v) is 15.8. The van der Waals surface area contributed by atoms with Crippen molar-refractivity contribution in [2.24, 2.45) is 5.92 Å². The number of nitrogen functional groups attached to an aromatic ring is 1. The number of Topliss-reactive ketones (excluding diaryl/α,β-unsaturated/α-hetero) is 1. The number of nitrogens with two attached hydrogens (primary N) is 1. The fraction of sp³-hybridized carbons (Fsp3) is 0.389. The standard InChI is InChI=1S/C11H14BrNO.C5H5BrN2.2CH4/c1-8(2)3-11(14)5-9-4-10(12)7-13-6-9;6-4-1-5(7)3-8-2-4;;/h4,6-8H,3,5H2,1-2H3;1-3H,7H2;2*1H4. The van der Waals surface area contributed by atoms with Gasteiger partial charge in [-0.3, -0.25) is 14.8 Å². The van der Waals surface area contributed by atoms with Gasteiger partial charge >= 0.3 is 0 Å². The molecule has 0 saturated heterocycles. The molecule has 0 aliphatic heterocycles. The van der Waals surface area contributed by atoms with Crippen LogP contribution in [-0.4, -0.2) is 15.8 Å².